The number of rotatable bonds is 3. The van der Waals surface area contributed by atoms with E-state index in [2.05, 4.69) is 27.6 Å². The summed E-state index contributed by atoms with van der Waals surface area (Å²) in [6.07, 6.45) is 0.475. The van der Waals surface area contributed by atoms with Gasteiger partial charge in [0.2, 0.25) is 0 Å². The molecule has 0 spiro atoms. The summed E-state index contributed by atoms with van der Waals surface area (Å²) in [7, 11) is 0. The predicted molar refractivity (Wildman–Crippen MR) is 88.1 cm³/mol. The monoisotopic (exact) mass is 418 g/mol. The highest BCUT2D eigenvalue weighted by Crippen LogP contribution is 2.26. The van der Waals surface area contributed by atoms with Gasteiger partial charge < -0.3 is 0 Å². The van der Waals surface area contributed by atoms with Gasteiger partial charge in [0.25, 0.3) is 0 Å². The zero-order chi connectivity index (χ0) is 15.0. The second-order valence-corrected chi connectivity index (χ2v) is 6.15. The van der Waals surface area contributed by atoms with Crippen molar-refractivity contribution in [2.75, 3.05) is 5.88 Å². The van der Waals surface area contributed by atoms with Crippen LogP contribution in [0.25, 0.3) is 16.7 Å². The Bertz CT molecular complexity index is 817. The molecule has 0 saturated heterocycles. The van der Waals surface area contributed by atoms with Crippen LogP contribution >= 0.6 is 34.2 Å². The summed E-state index contributed by atoms with van der Waals surface area (Å²) >= 11 is 7.99. The van der Waals surface area contributed by atoms with Crippen molar-refractivity contribution < 1.29 is 8.78 Å². The van der Waals surface area contributed by atoms with Crippen LogP contribution in [0, 0.1) is 15.2 Å². The van der Waals surface area contributed by atoms with E-state index in [1.54, 1.807) is 4.57 Å². The summed E-state index contributed by atoms with van der Waals surface area (Å²) in [4.78, 5) is 4.50. The number of nitrogens with zero attached hydrogens (tertiary/aromatic N) is 2. The smallest absolute Gasteiger partial charge is 0.147 e. The summed E-state index contributed by atoms with van der Waals surface area (Å²) in [5.41, 5.74) is 1.63. The van der Waals surface area contributed by atoms with Crippen molar-refractivity contribution in [3.63, 3.8) is 0 Å². The second kappa shape index (κ2) is 5.88. The summed E-state index contributed by atoms with van der Waals surface area (Å²) in [6, 6.07) is 9.05. The largest absolute Gasteiger partial charge is 0.293 e. The van der Waals surface area contributed by atoms with E-state index in [0.717, 1.165) is 26.7 Å². The Morgan fingerprint density at radius 1 is 1.14 bits per heavy atom. The van der Waals surface area contributed by atoms with E-state index < -0.39 is 11.6 Å². The number of benzene rings is 2. The Balaban J connectivity index is 2.33. The number of alkyl halides is 1. The van der Waals surface area contributed by atoms with E-state index in [-0.39, 0.29) is 5.69 Å². The van der Waals surface area contributed by atoms with Crippen molar-refractivity contribution >= 4 is 45.2 Å². The third-order valence-corrected chi connectivity index (χ3v) is 4.01. The second-order valence-electron chi connectivity index (χ2n) is 4.53. The van der Waals surface area contributed by atoms with Crippen LogP contribution < -0.4 is 0 Å². The first-order chi connectivity index (χ1) is 10.1. The van der Waals surface area contributed by atoms with E-state index >= 15 is 0 Å². The van der Waals surface area contributed by atoms with Crippen LogP contribution in [0.2, 0.25) is 0 Å². The molecule has 2 aromatic carbocycles. The van der Waals surface area contributed by atoms with Crippen molar-refractivity contribution in [1.82, 2.24) is 9.55 Å². The number of hydrogen-bond acceptors (Lipinski definition) is 1. The Morgan fingerprint density at radius 3 is 2.71 bits per heavy atom. The van der Waals surface area contributed by atoms with Gasteiger partial charge in [-0.25, -0.2) is 13.8 Å². The molecule has 3 aromatic rings. The van der Waals surface area contributed by atoms with Gasteiger partial charge in [-0.05, 0) is 52.9 Å². The average Bonchev–Trinajstić information content (AvgIpc) is 2.79. The minimum atomic E-state index is -0.495. The molecule has 0 radical (unpaired) electrons. The van der Waals surface area contributed by atoms with E-state index in [1.165, 1.54) is 6.07 Å². The minimum Gasteiger partial charge on any atom is -0.293 e. The Morgan fingerprint density at radius 2 is 1.95 bits per heavy atom. The lowest BCUT2D eigenvalue weighted by molar-refractivity contribution is 0.592. The first-order valence-electron chi connectivity index (χ1n) is 6.28. The fourth-order valence-corrected chi connectivity index (χ4v) is 2.93. The quantitative estimate of drug-likeness (QED) is 0.446. The highest BCUT2D eigenvalue weighted by atomic mass is 127. The number of imidazole rings is 1. The van der Waals surface area contributed by atoms with Gasteiger partial charge in [0.05, 0.1) is 16.7 Å². The van der Waals surface area contributed by atoms with Gasteiger partial charge in [-0.15, -0.1) is 11.6 Å². The van der Waals surface area contributed by atoms with E-state index in [9.17, 15) is 8.78 Å². The molecule has 2 nitrogen and oxygen atoms in total. The third kappa shape index (κ3) is 2.76. The number of hydrogen-bond donors (Lipinski definition) is 0. The summed E-state index contributed by atoms with van der Waals surface area (Å²) < 4.78 is 30.3. The maximum absolute atomic E-state index is 14.1. The van der Waals surface area contributed by atoms with Crippen molar-refractivity contribution in [2.45, 2.75) is 6.42 Å². The lowest BCUT2D eigenvalue weighted by Crippen LogP contribution is -2.05. The zero-order valence-corrected chi connectivity index (χ0v) is 13.7. The van der Waals surface area contributed by atoms with Gasteiger partial charge in [-0.2, -0.15) is 0 Å². The predicted octanol–water partition coefficient (Wildman–Crippen LogP) is 4.69. The van der Waals surface area contributed by atoms with E-state index in [4.69, 9.17) is 11.6 Å². The van der Waals surface area contributed by atoms with Crippen molar-refractivity contribution in [3.8, 4) is 5.69 Å². The molecule has 3 rings (SSSR count). The Labute approximate surface area is 138 Å². The Kier molecular flexibility index (Phi) is 4.12. The maximum atomic E-state index is 14.1. The Hall–Kier alpha value is -1.21. The fourth-order valence-electron chi connectivity index (χ4n) is 2.28. The van der Waals surface area contributed by atoms with E-state index in [0.29, 0.717) is 18.1 Å². The van der Waals surface area contributed by atoms with Gasteiger partial charge in [0.15, 0.2) is 0 Å². The molecule has 0 N–H and O–H groups in total. The number of halogens is 4. The van der Waals surface area contributed by atoms with Crippen LogP contribution in [-0.2, 0) is 6.42 Å². The normalized spacial score (nSPS) is 11.2. The maximum Gasteiger partial charge on any atom is 0.147 e. The SMILES string of the molecule is Fc1ccc(F)c(-n2c(CCCl)nc3cc(I)ccc32)c1. The van der Waals surface area contributed by atoms with Gasteiger partial charge >= 0.3 is 0 Å². The lowest BCUT2D eigenvalue weighted by Gasteiger charge is -2.10. The highest BCUT2D eigenvalue weighted by molar-refractivity contribution is 14.1. The van der Waals surface area contributed by atoms with Crippen molar-refractivity contribution in [1.29, 1.82) is 0 Å². The first-order valence-corrected chi connectivity index (χ1v) is 7.90. The molecule has 0 aliphatic carbocycles. The van der Waals surface area contributed by atoms with Crippen LogP contribution in [0.4, 0.5) is 8.78 Å². The summed E-state index contributed by atoms with van der Waals surface area (Å²) in [5.74, 6) is -0.00989. The first kappa shape index (κ1) is 14.7. The van der Waals surface area contributed by atoms with Crippen LogP contribution in [0.15, 0.2) is 36.4 Å². The molecule has 0 atom stereocenters. The molecule has 1 aromatic heterocycles. The number of fused-ring (bicyclic) bond motifs is 1. The van der Waals surface area contributed by atoms with Crippen molar-refractivity contribution in [3.05, 3.63) is 57.4 Å². The van der Waals surface area contributed by atoms with Gasteiger partial charge in [-0.3, -0.25) is 4.57 Å². The van der Waals surface area contributed by atoms with Crippen LogP contribution in [0.5, 0.6) is 0 Å². The number of aryl methyl sites for hydroxylation is 1. The molecular formula is C15H10ClF2IN2. The summed E-state index contributed by atoms with van der Waals surface area (Å²) in [6.45, 7) is 0. The lowest BCUT2D eigenvalue weighted by atomic mass is 10.2. The molecule has 0 aliphatic rings. The topological polar surface area (TPSA) is 17.8 Å². The van der Waals surface area contributed by atoms with E-state index in [1.807, 2.05) is 18.2 Å². The van der Waals surface area contributed by atoms with Crippen LogP contribution in [-0.4, -0.2) is 15.4 Å². The highest BCUT2D eigenvalue weighted by Gasteiger charge is 2.16. The molecule has 6 heteroatoms. The van der Waals surface area contributed by atoms with Gasteiger partial charge in [0, 0.05) is 21.9 Å². The molecule has 0 fully saturated rings. The molecule has 0 saturated carbocycles. The molecule has 0 amide bonds. The van der Waals surface area contributed by atoms with Gasteiger partial charge in [0.1, 0.15) is 17.5 Å². The third-order valence-electron chi connectivity index (χ3n) is 3.15. The van der Waals surface area contributed by atoms with Crippen LogP contribution in [0.1, 0.15) is 5.82 Å². The van der Waals surface area contributed by atoms with Crippen molar-refractivity contribution in [2.24, 2.45) is 0 Å². The molecule has 108 valence electrons. The zero-order valence-electron chi connectivity index (χ0n) is 10.8. The summed E-state index contributed by atoms with van der Waals surface area (Å²) in [5, 5.41) is 0. The minimum absolute atomic E-state index is 0.152. The molecule has 1 heterocycles. The molecule has 21 heavy (non-hydrogen) atoms. The molecule has 0 unspecified atom stereocenters. The number of aromatic nitrogens is 2. The average molecular weight is 419 g/mol. The van der Waals surface area contributed by atoms with Gasteiger partial charge in [-0.1, -0.05) is 0 Å². The molecular weight excluding hydrogens is 409 g/mol. The molecule has 0 aliphatic heterocycles. The van der Waals surface area contributed by atoms with Crippen LogP contribution in [0.3, 0.4) is 0 Å². The fraction of sp³-hybridized carbons (Fsp3) is 0.133. The molecule has 0 bridgehead atoms. The standard InChI is InChI=1S/C15H10ClF2IN2/c16-6-5-15-20-12-8-10(19)2-4-13(12)21(15)14-7-9(17)1-3-11(14)18/h1-4,7-8H,5-6H2.